The van der Waals surface area contributed by atoms with Gasteiger partial charge < -0.3 is 25.2 Å². The van der Waals surface area contributed by atoms with Crippen LogP contribution in [-0.2, 0) is 32.4 Å². The first-order valence-corrected chi connectivity index (χ1v) is 13.5. The van der Waals surface area contributed by atoms with E-state index in [1.54, 1.807) is 6.20 Å². The summed E-state index contributed by atoms with van der Waals surface area (Å²) in [7, 11) is 0. The fraction of sp³-hybridized carbons (Fsp3) is 0.440. The van der Waals surface area contributed by atoms with Gasteiger partial charge in [0, 0.05) is 48.0 Å². The Labute approximate surface area is 240 Å². The second-order valence-corrected chi connectivity index (χ2v) is 11.3. The smallest absolute Gasteiger partial charge is 0.335 e. The Kier molecular flexibility index (Phi) is 9.06. The Morgan fingerprint density at radius 1 is 1.20 bits per heavy atom. The number of likely N-dealkylation sites (tertiary alicyclic amines) is 1. The zero-order valence-corrected chi connectivity index (χ0v) is 23.1. The van der Waals surface area contributed by atoms with Crippen LogP contribution in [0.25, 0.3) is 5.82 Å². The van der Waals surface area contributed by atoms with E-state index in [9.17, 15) is 22.8 Å². The Morgan fingerprint density at radius 2 is 1.83 bits per heavy atom. The van der Waals surface area contributed by atoms with Gasteiger partial charge in [0.15, 0.2) is 23.8 Å². The van der Waals surface area contributed by atoms with Crippen LogP contribution in [0.2, 0.25) is 4.34 Å². The maximum absolute atomic E-state index is 14.3. The molecule has 2 atom stereocenters. The Bertz CT molecular complexity index is 1410. The predicted octanol–water partition coefficient (Wildman–Crippen LogP) is 2.92. The summed E-state index contributed by atoms with van der Waals surface area (Å²) in [5.41, 5.74) is 1.07. The van der Waals surface area contributed by atoms with Crippen molar-refractivity contribution >= 4 is 34.9 Å². The third kappa shape index (κ3) is 6.55. The monoisotopic (exact) mass is 618 g/mol. The number of pyridine rings is 1. The van der Waals surface area contributed by atoms with Crippen LogP contribution in [-0.4, -0.2) is 83.9 Å². The Balaban J connectivity index is 0.000000334. The lowest BCUT2D eigenvalue weighted by atomic mass is 9.84. The van der Waals surface area contributed by atoms with Crippen molar-refractivity contribution in [3.63, 3.8) is 0 Å². The molecule has 1 saturated heterocycles. The van der Waals surface area contributed by atoms with Gasteiger partial charge in [-0.15, -0.1) is 11.3 Å². The molecule has 2 aliphatic heterocycles. The molecule has 3 aromatic heterocycles. The molecule has 0 radical (unpaired) electrons. The van der Waals surface area contributed by atoms with Gasteiger partial charge in [-0.2, -0.15) is 13.9 Å². The molecular formula is C25H26ClF3N4O7S. The number of carboxylic acids is 2. The highest BCUT2D eigenvalue weighted by Gasteiger charge is 2.51. The van der Waals surface area contributed by atoms with Crippen LogP contribution in [0.1, 0.15) is 34.5 Å². The van der Waals surface area contributed by atoms with E-state index < -0.39 is 48.1 Å². The quantitative estimate of drug-likeness (QED) is 0.324. The lowest BCUT2D eigenvalue weighted by Crippen LogP contribution is -2.48. The largest absolute Gasteiger partial charge is 0.479 e. The van der Waals surface area contributed by atoms with Crippen LogP contribution in [0.3, 0.4) is 0 Å². The molecule has 0 unspecified atom stereocenters. The molecule has 222 valence electrons. The maximum atomic E-state index is 14.3. The van der Waals surface area contributed by atoms with E-state index in [1.165, 1.54) is 40.4 Å². The predicted molar refractivity (Wildman–Crippen MR) is 139 cm³/mol. The third-order valence-corrected chi connectivity index (χ3v) is 8.31. The molecule has 2 aliphatic rings. The number of aliphatic hydroxyl groups is 2. The van der Waals surface area contributed by atoms with Crippen LogP contribution in [0.15, 0.2) is 30.6 Å². The van der Waals surface area contributed by atoms with E-state index in [4.69, 9.17) is 36.8 Å². The van der Waals surface area contributed by atoms with Crippen molar-refractivity contribution in [2.75, 3.05) is 19.7 Å². The molecule has 0 aliphatic carbocycles. The van der Waals surface area contributed by atoms with Gasteiger partial charge in [-0.25, -0.2) is 23.6 Å². The van der Waals surface area contributed by atoms with E-state index in [2.05, 4.69) is 15.0 Å². The molecule has 4 N–H and O–H groups in total. The number of thiophene rings is 1. The number of alkyl halides is 2. The van der Waals surface area contributed by atoms with Crippen molar-refractivity contribution in [2.24, 2.45) is 0 Å². The molecule has 16 heteroatoms. The van der Waals surface area contributed by atoms with Crippen molar-refractivity contribution < 1.29 is 47.9 Å². The van der Waals surface area contributed by atoms with Crippen molar-refractivity contribution in [1.29, 1.82) is 0 Å². The van der Waals surface area contributed by atoms with Gasteiger partial charge in [0.25, 0.3) is 5.92 Å². The molecule has 41 heavy (non-hydrogen) atoms. The average molecular weight is 619 g/mol. The van der Waals surface area contributed by atoms with E-state index in [-0.39, 0.29) is 11.4 Å². The maximum Gasteiger partial charge on any atom is 0.335 e. The summed E-state index contributed by atoms with van der Waals surface area (Å²) in [5.74, 6) is -6.82. The second-order valence-electron chi connectivity index (χ2n) is 9.62. The van der Waals surface area contributed by atoms with Crippen LogP contribution < -0.4 is 0 Å². The van der Waals surface area contributed by atoms with Gasteiger partial charge in [-0.1, -0.05) is 11.6 Å². The van der Waals surface area contributed by atoms with Crippen LogP contribution >= 0.6 is 22.9 Å². The normalized spacial score (nSPS) is 19.1. The minimum absolute atomic E-state index is 0.0108. The first kappa shape index (κ1) is 30.9. The number of piperidine rings is 1. The molecule has 5 rings (SSSR count). The lowest BCUT2D eigenvalue weighted by Gasteiger charge is -2.45. The van der Waals surface area contributed by atoms with E-state index in [0.717, 1.165) is 11.3 Å². The van der Waals surface area contributed by atoms with Crippen LogP contribution in [0, 0.1) is 12.7 Å². The standard InChI is InChI=1S/C21H20ClF3N4OS.C4H6O6/c1-13-14(11-29(27-13)19-16(23)3-2-6-26-19)10-28-7-4-20(5-8-28)18-15(9-17(22)31-18)21(24,25)12-30-20;5-1(3(7)8)2(6)4(9)10/h2-3,6,9,11H,4-5,7-8,10,12H2,1H3;1-2,5-6H,(H,7,8)(H,9,10)/t;1-,2-/m.1/s1. The SMILES string of the molecule is Cc1nn(-c2ncccc2F)cc1CN1CCC2(CC1)OCC(F)(F)c1cc(Cl)sc12.O=C(O)[C@H](O)[C@@H](O)C(=O)O. The van der Waals surface area contributed by atoms with Gasteiger partial charge in [0.2, 0.25) is 0 Å². The van der Waals surface area contributed by atoms with E-state index in [0.29, 0.717) is 41.7 Å². The summed E-state index contributed by atoms with van der Waals surface area (Å²) in [4.78, 5) is 26.4. The number of carbonyl (C=O) groups is 2. The van der Waals surface area contributed by atoms with Gasteiger partial charge in [0.05, 0.1) is 10.0 Å². The summed E-state index contributed by atoms with van der Waals surface area (Å²) in [6.07, 6.45) is -0.00279. The number of aliphatic carboxylic acids is 2. The Morgan fingerprint density at radius 3 is 2.41 bits per heavy atom. The average Bonchev–Trinajstić information content (AvgIpc) is 3.51. The van der Waals surface area contributed by atoms with Crippen molar-refractivity contribution in [2.45, 2.75) is 50.0 Å². The van der Waals surface area contributed by atoms with E-state index in [1.807, 2.05) is 6.92 Å². The van der Waals surface area contributed by atoms with Crippen LogP contribution in [0.5, 0.6) is 0 Å². The summed E-state index contributed by atoms with van der Waals surface area (Å²) in [6.45, 7) is 3.26. The number of carboxylic acid groups (broad SMARTS) is 2. The number of ether oxygens (including phenoxy) is 1. The molecule has 1 spiro atoms. The number of rotatable bonds is 6. The van der Waals surface area contributed by atoms with Gasteiger partial charge in [0.1, 0.15) is 12.2 Å². The van der Waals surface area contributed by atoms with E-state index >= 15 is 0 Å². The number of aliphatic hydroxyl groups excluding tert-OH is 2. The molecule has 0 bridgehead atoms. The minimum atomic E-state index is -3.01. The number of aromatic nitrogens is 3. The summed E-state index contributed by atoms with van der Waals surface area (Å²) in [6, 6.07) is 4.27. The molecule has 1 fully saturated rings. The molecule has 5 heterocycles. The number of hydrogen-bond acceptors (Lipinski definition) is 9. The van der Waals surface area contributed by atoms with Gasteiger partial charge in [-0.05, 0) is 38.0 Å². The fourth-order valence-electron chi connectivity index (χ4n) is 4.60. The number of nitrogens with zero attached hydrogens (tertiary/aromatic N) is 4. The minimum Gasteiger partial charge on any atom is -0.479 e. The topological polar surface area (TPSA) is 158 Å². The lowest BCUT2D eigenvalue weighted by molar-refractivity contribution is -0.182. The number of hydrogen-bond donors (Lipinski definition) is 4. The van der Waals surface area contributed by atoms with Crippen LogP contribution in [0.4, 0.5) is 13.2 Å². The molecule has 0 aromatic carbocycles. The fourth-order valence-corrected chi connectivity index (χ4v) is 6.08. The number of fused-ring (bicyclic) bond motifs is 2. The molecular weight excluding hydrogens is 593 g/mol. The first-order chi connectivity index (χ1) is 19.2. The van der Waals surface area contributed by atoms with Crippen molar-refractivity contribution in [3.8, 4) is 5.82 Å². The molecule has 0 saturated carbocycles. The van der Waals surface area contributed by atoms with Crippen molar-refractivity contribution in [1.82, 2.24) is 19.7 Å². The van der Waals surface area contributed by atoms with Gasteiger partial charge in [-0.3, -0.25) is 4.90 Å². The second kappa shape index (κ2) is 12.0. The summed E-state index contributed by atoms with van der Waals surface area (Å²) >= 11 is 7.27. The zero-order chi connectivity index (χ0) is 30.1. The highest BCUT2D eigenvalue weighted by Crippen LogP contribution is 2.52. The number of halogens is 4. The molecule has 11 nitrogen and oxygen atoms in total. The number of aryl methyl sites for hydroxylation is 1. The summed E-state index contributed by atoms with van der Waals surface area (Å²) in [5, 5.41) is 36.9. The zero-order valence-electron chi connectivity index (χ0n) is 21.5. The van der Waals surface area contributed by atoms with Gasteiger partial charge >= 0.3 is 11.9 Å². The summed E-state index contributed by atoms with van der Waals surface area (Å²) < 4.78 is 50.2. The Hall–Kier alpha value is -3.08. The van der Waals surface area contributed by atoms with Crippen molar-refractivity contribution in [3.05, 3.63) is 62.4 Å². The highest BCUT2D eigenvalue weighted by atomic mass is 35.5. The molecule has 3 aromatic rings. The highest BCUT2D eigenvalue weighted by molar-refractivity contribution is 7.16. The first-order valence-electron chi connectivity index (χ1n) is 12.3. The molecule has 0 amide bonds. The third-order valence-electron chi connectivity index (χ3n) is 6.86.